The van der Waals surface area contributed by atoms with Crippen molar-refractivity contribution in [3.8, 4) is 0 Å². The molecule has 106 valence electrons. The first-order chi connectivity index (χ1) is 8.35. The van der Waals surface area contributed by atoms with Crippen LogP contribution in [0, 0.1) is 11.8 Å². The summed E-state index contributed by atoms with van der Waals surface area (Å²) in [5.74, 6) is -0.970. The Labute approximate surface area is 105 Å². The van der Waals surface area contributed by atoms with E-state index in [0.717, 1.165) is 12.8 Å². The van der Waals surface area contributed by atoms with E-state index in [-0.39, 0.29) is 25.5 Å². The lowest BCUT2D eigenvalue weighted by Crippen LogP contribution is -2.57. The van der Waals surface area contributed by atoms with Gasteiger partial charge in [-0.25, -0.2) is 0 Å². The third kappa shape index (κ3) is 3.16. The van der Waals surface area contributed by atoms with Crippen LogP contribution in [0.25, 0.3) is 0 Å². The maximum atomic E-state index is 12.7. The molecule has 1 saturated heterocycles. The zero-order valence-electron chi connectivity index (χ0n) is 10.4. The van der Waals surface area contributed by atoms with Crippen molar-refractivity contribution in [2.24, 2.45) is 17.6 Å². The summed E-state index contributed by atoms with van der Waals surface area (Å²) in [7, 11) is 0. The molecule has 1 aliphatic carbocycles. The fourth-order valence-electron chi connectivity index (χ4n) is 2.85. The molecule has 2 aliphatic rings. The van der Waals surface area contributed by atoms with Crippen LogP contribution in [-0.2, 0) is 0 Å². The number of aliphatic hydroxyl groups is 1. The van der Waals surface area contributed by atoms with Crippen molar-refractivity contribution >= 4 is 0 Å². The quantitative estimate of drug-likeness (QED) is 0.808. The molecule has 3 nitrogen and oxygen atoms in total. The van der Waals surface area contributed by atoms with Gasteiger partial charge in [0.1, 0.15) is 0 Å². The van der Waals surface area contributed by atoms with Gasteiger partial charge < -0.3 is 15.7 Å². The van der Waals surface area contributed by atoms with Crippen LogP contribution < -0.4 is 5.73 Å². The molecule has 1 aliphatic heterocycles. The number of nitrogens with zero attached hydrogens (tertiary/aromatic N) is 1. The maximum Gasteiger partial charge on any atom is 0.393 e. The predicted molar refractivity (Wildman–Crippen MR) is 61.9 cm³/mol. The first-order valence-corrected chi connectivity index (χ1v) is 6.54. The first kappa shape index (κ1) is 14.1. The van der Waals surface area contributed by atoms with Crippen LogP contribution in [0.2, 0.25) is 0 Å². The molecule has 0 aromatic rings. The minimum absolute atomic E-state index is 0.0230. The predicted octanol–water partition coefficient (Wildman–Crippen LogP) is 1.36. The van der Waals surface area contributed by atoms with Gasteiger partial charge in [0.05, 0.1) is 18.1 Å². The minimum atomic E-state index is -4.12. The number of aliphatic hydroxyl groups excluding tert-OH is 1. The first-order valence-electron chi connectivity index (χ1n) is 6.54. The standard InChI is InChI=1S/C12H21F3N2O/c13-12(14,15)10-2-1-5-17(6-10)7-11(16,8-18)9-3-4-9/h9-10,18H,1-8,16H2. The lowest BCUT2D eigenvalue weighted by molar-refractivity contribution is -0.187. The maximum absolute atomic E-state index is 12.7. The van der Waals surface area contributed by atoms with Crippen LogP contribution >= 0.6 is 0 Å². The molecule has 1 heterocycles. The largest absolute Gasteiger partial charge is 0.394 e. The zero-order valence-corrected chi connectivity index (χ0v) is 10.4. The van der Waals surface area contributed by atoms with Crippen LogP contribution in [0.5, 0.6) is 0 Å². The second kappa shape index (κ2) is 4.98. The average molecular weight is 266 g/mol. The number of piperidine rings is 1. The van der Waals surface area contributed by atoms with Gasteiger partial charge in [0.15, 0.2) is 0 Å². The van der Waals surface area contributed by atoms with Crippen LogP contribution in [0.3, 0.4) is 0 Å². The van der Waals surface area contributed by atoms with E-state index in [1.165, 1.54) is 0 Å². The van der Waals surface area contributed by atoms with Crippen molar-refractivity contribution in [3.63, 3.8) is 0 Å². The van der Waals surface area contributed by atoms with Gasteiger partial charge in [0, 0.05) is 13.1 Å². The highest BCUT2D eigenvalue weighted by atomic mass is 19.4. The highest BCUT2D eigenvalue weighted by Gasteiger charge is 2.46. The van der Waals surface area contributed by atoms with Crippen molar-refractivity contribution in [2.45, 2.75) is 37.4 Å². The van der Waals surface area contributed by atoms with E-state index in [9.17, 15) is 18.3 Å². The van der Waals surface area contributed by atoms with Crippen LogP contribution in [0.15, 0.2) is 0 Å². The Morgan fingerprint density at radius 2 is 1.83 bits per heavy atom. The number of hydrogen-bond donors (Lipinski definition) is 2. The molecule has 2 fully saturated rings. The van der Waals surface area contributed by atoms with Gasteiger partial charge in [-0.15, -0.1) is 0 Å². The fourth-order valence-corrected chi connectivity index (χ4v) is 2.85. The molecule has 2 unspecified atom stereocenters. The Balaban J connectivity index is 1.93. The summed E-state index contributed by atoms with van der Waals surface area (Å²) in [4.78, 5) is 1.77. The summed E-state index contributed by atoms with van der Waals surface area (Å²) < 4.78 is 38.1. The topological polar surface area (TPSA) is 49.5 Å². The van der Waals surface area contributed by atoms with Crippen LogP contribution in [0.1, 0.15) is 25.7 Å². The van der Waals surface area contributed by atoms with Gasteiger partial charge in [-0.3, -0.25) is 0 Å². The number of nitrogens with two attached hydrogens (primary N) is 1. The SMILES string of the molecule is NC(CO)(CN1CCCC(C(F)(F)F)C1)C1CC1. The molecule has 6 heteroatoms. The molecule has 0 aromatic heterocycles. The summed E-state index contributed by atoms with van der Waals surface area (Å²) in [6.45, 7) is 0.902. The second-order valence-electron chi connectivity index (χ2n) is 5.78. The highest BCUT2D eigenvalue weighted by molar-refractivity contribution is 5.01. The van der Waals surface area contributed by atoms with Gasteiger partial charge in [-0.05, 0) is 38.1 Å². The van der Waals surface area contributed by atoms with Crippen LogP contribution in [-0.4, -0.2) is 48.0 Å². The molecular weight excluding hydrogens is 245 g/mol. The molecule has 0 bridgehead atoms. The molecule has 2 atom stereocenters. The van der Waals surface area contributed by atoms with E-state index in [4.69, 9.17) is 5.73 Å². The summed E-state index contributed by atoms with van der Waals surface area (Å²) in [5.41, 5.74) is 5.40. The number of hydrogen-bond acceptors (Lipinski definition) is 3. The van der Waals surface area contributed by atoms with Gasteiger partial charge in [-0.1, -0.05) is 0 Å². The summed E-state index contributed by atoms with van der Waals surface area (Å²) in [6, 6.07) is 0. The Hall–Kier alpha value is -0.330. The number of halogens is 3. The van der Waals surface area contributed by atoms with Crippen molar-refractivity contribution < 1.29 is 18.3 Å². The lowest BCUT2D eigenvalue weighted by Gasteiger charge is -2.39. The summed E-state index contributed by atoms with van der Waals surface area (Å²) in [6.07, 6.45) is -1.40. The van der Waals surface area contributed by atoms with Crippen molar-refractivity contribution in [1.82, 2.24) is 4.90 Å². The highest BCUT2D eigenvalue weighted by Crippen LogP contribution is 2.39. The van der Waals surface area contributed by atoms with Crippen molar-refractivity contribution in [1.29, 1.82) is 0 Å². The van der Waals surface area contributed by atoms with Gasteiger partial charge in [-0.2, -0.15) is 13.2 Å². The zero-order chi connectivity index (χ0) is 13.4. The van der Waals surface area contributed by atoms with E-state index in [1.807, 2.05) is 0 Å². The van der Waals surface area contributed by atoms with E-state index in [0.29, 0.717) is 19.5 Å². The molecule has 0 amide bonds. The molecule has 0 radical (unpaired) electrons. The summed E-state index contributed by atoms with van der Waals surface area (Å²) in [5, 5.41) is 9.38. The van der Waals surface area contributed by atoms with Crippen molar-refractivity contribution in [2.75, 3.05) is 26.2 Å². The molecule has 3 N–H and O–H groups in total. The van der Waals surface area contributed by atoms with Crippen molar-refractivity contribution in [3.05, 3.63) is 0 Å². The van der Waals surface area contributed by atoms with Crippen LogP contribution in [0.4, 0.5) is 13.2 Å². The number of alkyl halides is 3. The van der Waals surface area contributed by atoms with Gasteiger partial charge in [0.25, 0.3) is 0 Å². The molecule has 0 spiro atoms. The molecular formula is C12H21F3N2O. The average Bonchev–Trinajstić information content (AvgIpc) is 3.12. The molecule has 0 aromatic carbocycles. The Bertz CT molecular complexity index is 294. The number of rotatable bonds is 4. The van der Waals surface area contributed by atoms with Gasteiger partial charge >= 0.3 is 6.18 Å². The summed E-state index contributed by atoms with van der Waals surface area (Å²) >= 11 is 0. The fraction of sp³-hybridized carbons (Fsp3) is 1.00. The van der Waals surface area contributed by atoms with E-state index in [2.05, 4.69) is 0 Å². The van der Waals surface area contributed by atoms with E-state index in [1.54, 1.807) is 4.90 Å². The molecule has 18 heavy (non-hydrogen) atoms. The van der Waals surface area contributed by atoms with Gasteiger partial charge in [0.2, 0.25) is 0 Å². The minimum Gasteiger partial charge on any atom is -0.394 e. The molecule has 2 rings (SSSR count). The second-order valence-corrected chi connectivity index (χ2v) is 5.78. The Morgan fingerprint density at radius 1 is 1.17 bits per heavy atom. The molecule has 1 saturated carbocycles. The third-order valence-electron chi connectivity index (χ3n) is 4.17. The monoisotopic (exact) mass is 266 g/mol. The third-order valence-corrected chi connectivity index (χ3v) is 4.17. The Kier molecular flexibility index (Phi) is 3.90. The lowest BCUT2D eigenvalue weighted by atomic mass is 9.91. The Morgan fingerprint density at radius 3 is 2.33 bits per heavy atom. The van der Waals surface area contributed by atoms with E-state index >= 15 is 0 Å². The smallest absolute Gasteiger partial charge is 0.393 e. The normalized spacial score (nSPS) is 30.2. The number of likely N-dealkylation sites (tertiary alicyclic amines) is 1. The van der Waals surface area contributed by atoms with E-state index < -0.39 is 17.6 Å².